The van der Waals surface area contributed by atoms with E-state index in [2.05, 4.69) is 27.7 Å². The third kappa shape index (κ3) is 38.4. The molecule has 2 atom stereocenters. The second-order valence-electron chi connectivity index (χ2n) is 13.8. The molecule has 0 aliphatic rings. The van der Waals surface area contributed by atoms with Crippen LogP contribution in [0.25, 0.3) is 0 Å². The van der Waals surface area contributed by atoms with Gasteiger partial charge in [-0.1, -0.05) is 130 Å². The van der Waals surface area contributed by atoms with Crippen LogP contribution in [0.4, 0.5) is 0 Å². The molecule has 310 valence electrons. The molecule has 0 aromatic rings. The largest absolute Gasteiger partial charge is 0.463 e. The molecule has 0 aliphatic carbocycles. The third-order valence-corrected chi connectivity index (χ3v) is 8.71. The minimum atomic E-state index is -0.431. The number of esters is 2. The maximum absolute atomic E-state index is 12.2. The molecule has 0 radical (unpaired) electrons. The van der Waals surface area contributed by atoms with Crippen LogP contribution < -0.4 is 0 Å². The predicted octanol–water partition coefficient (Wildman–Crippen LogP) is 10.3. The van der Waals surface area contributed by atoms with Gasteiger partial charge in [0.15, 0.2) is 12.6 Å². The van der Waals surface area contributed by atoms with E-state index in [1.54, 1.807) is 0 Å². The summed E-state index contributed by atoms with van der Waals surface area (Å²) in [7, 11) is 0. The maximum Gasteiger partial charge on any atom is 0.305 e. The van der Waals surface area contributed by atoms with Crippen molar-refractivity contribution in [2.45, 2.75) is 194 Å². The second-order valence-corrected chi connectivity index (χ2v) is 13.8. The molecule has 0 aliphatic heterocycles. The van der Waals surface area contributed by atoms with Gasteiger partial charge in [0.25, 0.3) is 0 Å². The lowest BCUT2D eigenvalue weighted by molar-refractivity contribution is -0.181. The van der Waals surface area contributed by atoms with Crippen molar-refractivity contribution in [1.82, 2.24) is 0 Å². The van der Waals surface area contributed by atoms with Gasteiger partial charge >= 0.3 is 11.9 Å². The van der Waals surface area contributed by atoms with Gasteiger partial charge < -0.3 is 37.9 Å². The van der Waals surface area contributed by atoms with E-state index < -0.39 is 12.6 Å². The summed E-state index contributed by atoms with van der Waals surface area (Å²) in [4.78, 5) is 24.4. The van der Waals surface area contributed by atoms with Gasteiger partial charge in [0.2, 0.25) is 0 Å². The third-order valence-electron chi connectivity index (χ3n) is 8.71. The number of carbonyl (C=O) groups is 2. The standard InChI is InChI=1S/C42H82O10/c1-5-9-13-23-29-45-37-41(49-31-25-15-11-7-3)51-35-33-47-39(43)27-21-19-17-18-20-22-28-40(44)48-34-36-52-42(50-32-26-16-12-8-4)38-46-30-24-14-10-6-2/h41-42H,5-38H2,1-4H3. The Labute approximate surface area is 319 Å². The van der Waals surface area contributed by atoms with Crippen molar-refractivity contribution in [3.8, 4) is 0 Å². The van der Waals surface area contributed by atoms with Crippen LogP contribution in [0.2, 0.25) is 0 Å². The molecule has 0 amide bonds. The Balaban J connectivity index is 3.93. The minimum Gasteiger partial charge on any atom is -0.463 e. The van der Waals surface area contributed by atoms with Crippen LogP contribution in [0.3, 0.4) is 0 Å². The van der Waals surface area contributed by atoms with Crippen LogP contribution in [-0.2, 0) is 47.5 Å². The van der Waals surface area contributed by atoms with E-state index >= 15 is 0 Å². The van der Waals surface area contributed by atoms with Crippen molar-refractivity contribution in [3.63, 3.8) is 0 Å². The molecule has 0 aromatic carbocycles. The molecule has 0 N–H and O–H groups in total. The van der Waals surface area contributed by atoms with Crippen molar-refractivity contribution in [3.05, 3.63) is 0 Å². The Morgan fingerprint density at radius 3 is 1.02 bits per heavy atom. The van der Waals surface area contributed by atoms with Gasteiger partial charge in [-0.05, 0) is 38.5 Å². The highest BCUT2D eigenvalue weighted by Gasteiger charge is 2.13. The topological polar surface area (TPSA) is 108 Å². The van der Waals surface area contributed by atoms with Crippen LogP contribution in [0.15, 0.2) is 0 Å². The first-order valence-corrected chi connectivity index (χ1v) is 21.5. The highest BCUT2D eigenvalue weighted by atomic mass is 16.7. The van der Waals surface area contributed by atoms with Crippen LogP contribution in [0.1, 0.15) is 182 Å². The van der Waals surface area contributed by atoms with Gasteiger partial charge in [0, 0.05) is 39.3 Å². The van der Waals surface area contributed by atoms with Crippen molar-refractivity contribution in [2.24, 2.45) is 0 Å². The van der Waals surface area contributed by atoms with E-state index in [0.29, 0.717) is 65.7 Å². The molecule has 10 heteroatoms. The highest BCUT2D eigenvalue weighted by Crippen LogP contribution is 2.11. The van der Waals surface area contributed by atoms with Crippen molar-refractivity contribution in [1.29, 1.82) is 0 Å². The Hall–Kier alpha value is -1.30. The SMILES string of the molecule is CCCCCCOCC(OCCCCCC)OCCOC(=O)CCCCCCCCC(=O)OCCOC(COCCCCCC)OCCCCCC. The van der Waals surface area contributed by atoms with E-state index in [0.717, 1.165) is 77.0 Å². The minimum absolute atomic E-state index is 0.195. The molecule has 0 aromatic heterocycles. The quantitative estimate of drug-likeness (QED) is 0.0340. The lowest BCUT2D eigenvalue weighted by Crippen LogP contribution is -2.26. The number of unbranched alkanes of at least 4 members (excludes halogenated alkanes) is 17. The summed E-state index contributed by atoms with van der Waals surface area (Å²) in [6, 6.07) is 0. The first kappa shape index (κ1) is 50.7. The lowest BCUT2D eigenvalue weighted by Gasteiger charge is -2.19. The summed E-state index contributed by atoms with van der Waals surface area (Å²) < 4.78 is 45.8. The van der Waals surface area contributed by atoms with Crippen molar-refractivity contribution in [2.75, 3.05) is 66.1 Å². The molecule has 0 fully saturated rings. The fourth-order valence-corrected chi connectivity index (χ4v) is 5.46. The molecule has 0 heterocycles. The maximum atomic E-state index is 12.2. The van der Waals surface area contributed by atoms with Gasteiger partial charge in [-0.25, -0.2) is 0 Å². The first-order valence-electron chi connectivity index (χ1n) is 21.5. The van der Waals surface area contributed by atoms with Crippen molar-refractivity contribution < 1.29 is 47.5 Å². The fourth-order valence-electron chi connectivity index (χ4n) is 5.46. The summed E-state index contributed by atoms with van der Waals surface area (Å²) in [5.74, 6) is -0.390. The molecule has 0 rings (SSSR count). The van der Waals surface area contributed by atoms with Crippen LogP contribution >= 0.6 is 0 Å². The normalized spacial score (nSPS) is 12.6. The fraction of sp³-hybridized carbons (Fsp3) is 0.952. The number of hydrogen-bond donors (Lipinski definition) is 0. The summed E-state index contributed by atoms with van der Waals surface area (Å²) in [5.41, 5.74) is 0. The van der Waals surface area contributed by atoms with Crippen molar-refractivity contribution >= 4 is 11.9 Å². The smallest absolute Gasteiger partial charge is 0.305 e. The van der Waals surface area contributed by atoms with Gasteiger partial charge in [0.1, 0.15) is 13.2 Å². The Kier molecular flexibility index (Phi) is 41.4. The Morgan fingerprint density at radius 1 is 0.346 bits per heavy atom. The zero-order chi connectivity index (χ0) is 38.0. The number of rotatable bonds is 43. The van der Waals surface area contributed by atoms with E-state index in [1.807, 2.05) is 0 Å². The molecule has 0 bridgehead atoms. The summed E-state index contributed by atoms with van der Waals surface area (Å²) in [6.45, 7) is 13.3. The van der Waals surface area contributed by atoms with E-state index in [1.165, 1.54) is 64.2 Å². The van der Waals surface area contributed by atoms with Gasteiger partial charge in [-0.3, -0.25) is 9.59 Å². The predicted molar refractivity (Wildman–Crippen MR) is 208 cm³/mol. The van der Waals surface area contributed by atoms with Gasteiger partial charge in [-0.2, -0.15) is 0 Å². The number of hydrogen-bond acceptors (Lipinski definition) is 10. The molecule has 10 nitrogen and oxygen atoms in total. The average molecular weight is 747 g/mol. The molecule has 2 unspecified atom stereocenters. The molecule has 0 spiro atoms. The molecule has 0 saturated carbocycles. The van der Waals surface area contributed by atoms with Crippen LogP contribution in [0, 0.1) is 0 Å². The molecule has 52 heavy (non-hydrogen) atoms. The Morgan fingerprint density at radius 2 is 0.654 bits per heavy atom. The zero-order valence-corrected chi connectivity index (χ0v) is 34.3. The summed E-state index contributed by atoms with van der Waals surface area (Å²) in [6.07, 6.45) is 23.9. The monoisotopic (exact) mass is 747 g/mol. The molecular weight excluding hydrogens is 664 g/mol. The van der Waals surface area contributed by atoms with Gasteiger partial charge in [-0.15, -0.1) is 0 Å². The summed E-state index contributed by atoms with van der Waals surface area (Å²) in [5, 5.41) is 0. The molecule has 0 saturated heterocycles. The summed E-state index contributed by atoms with van der Waals surface area (Å²) >= 11 is 0. The average Bonchev–Trinajstić information content (AvgIpc) is 3.14. The highest BCUT2D eigenvalue weighted by molar-refractivity contribution is 5.69. The first-order chi connectivity index (χ1) is 25.6. The second kappa shape index (κ2) is 42.4. The number of ether oxygens (including phenoxy) is 8. The Bertz CT molecular complexity index is 678. The van der Waals surface area contributed by atoms with E-state index in [9.17, 15) is 9.59 Å². The van der Waals surface area contributed by atoms with E-state index in [4.69, 9.17) is 37.9 Å². The lowest BCUT2D eigenvalue weighted by atomic mass is 10.1. The number of carbonyl (C=O) groups excluding carboxylic acids is 2. The zero-order valence-electron chi connectivity index (χ0n) is 34.3. The van der Waals surface area contributed by atoms with Crippen LogP contribution in [-0.4, -0.2) is 90.6 Å². The molecular formula is C42H82O10. The van der Waals surface area contributed by atoms with E-state index in [-0.39, 0.29) is 25.2 Å². The van der Waals surface area contributed by atoms with Crippen LogP contribution in [0.5, 0.6) is 0 Å². The van der Waals surface area contributed by atoms with Gasteiger partial charge in [0.05, 0.1) is 26.4 Å².